The number of nitrogens with one attached hydrogen (secondary N) is 2. The van der Waals surface area contributed by atoms with Crippen molar-refractivity contribution in [3.05, 3.63) is 64.0 Å². The summed E-state index contributed by atoms with van der Waals surface area (Å²) in [6, 6.07) is 9.39. The van der Waals surface area contributed by atoms with E-state index in [1.165, 1.54) is 5.56 Å². The zero-order valence-electron chi connectivity index (χ0n) is 12.9. The van der Waals surface area contributed by atoms with Crippen molar-refractivity contribution in [3.8, 4) is 0 Å². The van der Waals surface area contributed by atoms with Gasteiger partial charge < -0.3 is 10.6 Å². The van der Waals surface area contributed by atoms with Crippen LogP contribution in [0.25, 0.3) is 0 Å². The molecule has 3 nitrogen and oxygen atoms in total. The molecule has 1 aliphatic heterocycles. The summed E-state index contributed by atoms with van der Waals surface area (Å²) in [5.41, 5.74) is 5.03. The molecule has 0 saturated heterocycles. The molecule has 2 aromatic carbocycles. The van der Waals surface area contributed by atoms with E-state index in [0.717, 1.165) is 42.5 Å². The third-order valence-electron chi connectivity index (χ3n) is 4.85. The second-order valence-electron chi connectivity index (χ2n) is 6.24. The molecule has 0 spiro atoms. The van der Waals surface area contributed by atoms with Crippen LogP contribution < -0.4 is 10.6 Å². The monoisotopic (exact) mass is 310 g/mol. The molecule has 1 aliphatic carbocycles. The van der Waals surface area contributed by atoms with Crippen molar-refractivity contribution in [1.82, 2.24) is 5.32 Å². The molecule has 2 aliphatic rings. The molecular weight excluding hydrogens is 291 g/mol. The van der Waals surface area contributed by atoms with Gasteiger partial charge in [0.15, 0.2) is 0 Å². The quantitative estimate of drug-likeness (QED) is 0.894. The van der Waals surface area contributed by atoms with Gasteiger partial charge in [-0.1, -0.05) is 18.2 Å². The Kier molecular flexibility index (Phi) is 3.62. The fraction of sp³-hybridized carbons (Fsp3) is 0.316. The molecule has 4 heteroatoms. The molecule has 0 aromatic heterocycles. The van der Waals surface area contributed by atoms with Crippen LogP contribution in [0, 0.1) is 5.82 Å². The van der Waals surface area contributed by atoms with Crippen LogP contribution in [0.4, 0.5) is 10.1 Å². The zero-order chi connectivity index (χ0) is 15.8. The lowest BCUT2D eigenvalue weighted by Crippen LogP contribution is -2.25. The molecule has 2 aromatic rings. The number of carbonyl (C=O) groups excluding carboxylic acids is 1. The van der Waals surface area contributed by atoms with Gasteiger partial charge >= 0.3 is 0 Å². The van der Waals surface area contributed by atoms with Crippen molar-refractivity contribution in [1.29, 1.82) is 0 Å². The standard InChI is InChI=1S/C19H19FN2O/c20-18-15-9-10-21-11-13(15)7-8-17(18)22-19(23)16-6-2-4-12-3-1-5-14(12)16/h2,4,6-8,21H,1,3,5,9-11H2,(H,22,23). The minimum absolute atomic E-state index is 0.212. The van der Waals surface area contributed by atoms with E-state index in [-0.39, 0.29) is 17.4 Å². The molecule has 23 heavy (non-hydrogen) atoms. The van der Waals surface area contributed by atoms with E-state index in [1.807, 2.05) is 18.2 Å². The van der Waals surface area contributed by atoms with Crippen LogP contribution in [-0.4, -0.2) is 12.5 Å². The van der Waals surface area contributed by atoms with Crippen LogP contribution in [-0.2, 0) is 25.8 Å². The lowest BCUT2D eigenvalue weighted by atomic mass is 9.99. The maximum atomic E-state index is 14.7. The van der Waals surface area contributed by atoms with Crippen LogP contribution in [0.15, 0.2) is 30.3 Å². The smallest absolute Gasteiger partial charge is 0.256 e. The Morgan fingerprint density at radius 2 is 1.96 bits per heavy atom. The van der Waals surface area contributed by atoms with Crippen LogP contribution >= 0.6 is 0 Å². The third-order valence-corrected chi connectivity index (χ3v) is 4.85. The Morgan fingerprint density at radius 3 is 2.87 bits per heavy atom. The number of fused-ring (bicyclic) bond motifs is 2. The topological polar surface area (TPSA) is 41.1 Å². The molecular formula is C19H19FN2O. The summed E-state index contributed by atoms with van der Waals surface area (Å²) in [4.78, 5) is 12.6. The molecule has 2 N–H and O–H groups in total. The Labute approximate surface area is 134 Å². The third kappa shape index (κ3) is 2.53. The highest BCUT2D eigenvalue weighted by Gasteiger charge is 2.21. The summed E-state index contributed by atoms with van der Waals surface area (Å²) in [7, 11) is 0. The van der Waals surface area contributed by atoms with E-state index in [0.29, 0.717) is 18.5 Å². The fourth-order valence-corrected chi connectivity index (χ4v) is 3.65. The number of halogens is 1. The minimum atomic E-state index is -0.287. The van der Waals surface area contributed by atoms with Gasteiger partial charge in [-0.05, 0) is 66.6 Å². The largest absolute Gasteiger partial charge is 0.319 e. The predicted molar refractivity (Wildman–Crippen MR) is 88.2 cm³/mol. The number of aryl methyl sites for hydroxylation is 1. The number of anilines is 1. The lowest BCUT2D eigenvalue weighted by Gasteiger charge is -2.19. The predicted octanol–water partition coefficient (Wildman–Crippen LogP) is 3.21. The maximum Gasteiger partial charge on any atom is 0.256 e. The van der Waals surface area contributed by atoms with Crippen molar-refractivity contribution in [3.63, 3.8) is 0 Å². The van der Waals surface area contributed by atoms with Crippen molar-refractivity contribution < 1.29 is 9.18 Å². The van der Waals surface area contributed by atoms with Crippen molar-refractivity contribution in [2.24, 2.45) is 0 Å². The number of hydrogen-bond acceptors (Lipinski definition) is 2. The van der Waals surface area contributed by atoms with E-state index in [4.69, 9.17) is 0 Å². The lowest BCUT2D eigenvalue weighted by molar-refractivity contribution is 0.102. The molecule has 0 radical (unpaired) electrons. The van der Waals surface area contributed by atoms with E-state index >= 15 is 0 Å². The van der Waals surface area contributed by atoms with Gasteiger partial charge in [-0.15, -0.1) is 0 Å². The molecule has 4 rings (SSSR count). The van der Waals surface area contributed by atoms with E-state index in [9.17, 15) is 9.18 Å². The average Bonchev–Trinajstić information content (AvgIpc) is 3.06. The normalized spacial score (nSPS) is 15.9. The van der Waals surface area contributed by atoms with Crippen LogP contribution in [0.5, 0.6) is 0 Å². The average molecular weight is 310 g/mol. The highest BCUT2D eigenvalue weighted by atomic mass is 19.1. The van der Waals surface area contributed by atoms with Gasteiger partial charge in [0.25, 0.3) is 5.91 Å². The van der Waals surface area contributed by atoms with Gasteiger partial charge in [0, 0.05) is 12.1 Å². The number of carbonyl (C=O) groups is 1. The van der Waals surface area contributed by atoms with Crippen LogP contribution in [0.1, 0.15) is 39.0 Å². The Bertz CT molecular complexity index is 785. The van der Waals surface area contributed by atoms with Crippen LogP contribution in [0.2, 0.25) is 0 Å². The van der Waals surface area contributed by atoms with Gasteiger partial charge in [-0.3, -0.25) is 4.79 Å². The Hall–Kier alpha value is -2.20. The first-order valence-corrected chi connectivity index (χ1v) is 8.17. The number of benzene rings is 2. The van der Waals surface area contributed by atoms with Gasteiger partial charge in [0.1, 0.15) is 5.82 Å². The molecule has 118 valence electrons. The summed E-state index contributed by atoms with van der Waals surface area (Å²) < 4.78 is 14.7. The van der Waals surface area contributed by atoms with Crippen LogP contribution in [0.3, 0.4) is 0 Å². The minimum Gasteiger partial charge on any atom is -0.319 e. The number of amides is 1. The van der Waals surface area contributed by atoms with Gasteiger partial charge in [0.05, 0.1) is 5.69 Å². The SMILES string of the molecule is O=C(Nc1ccc2c(c1F)CCNC2)c1cccc2c1CCC2. The molecule has 0 bridgehead atoms. The highest BCUT2D eigenvalue weighted by Crippen LogP contribution is 2.28. The summed E-state index contributed by atoms with van der Waals surface area (Å²) in [5, 5.41) is 6.00. The molecule has 0 saturated carbocycles. The van der Waals surface area contributed by atoms with Gasteiger partial charge in [-0.25, -0.2) is 4.39 Å². The molecule has 1 amide bonds. The summed E-state index contributed by atoms with van der Waals surface area (Å²) >= 11 is 0. The number of hydrogen-bond donors (Lipinski definition) is 2. The van der Waals surface area contributed by atoms with E-state index < -0.39 is 0 Å². The highest BCUT2D eigenvalue weighted by molar-refractivity contribution is 6.05. The zero-order valence-corrected chi connectivity index (χ0v) is 12.9. The molecule has 0 atom stereocenters. The van der Waals surface area contributed by atoms with E-state index in [1.54, 1.807) is 6.07 Å². The molecule has 1 heterocycles. The first-order chi connectivity index (χ1) is 11.2. The number of rotatable bonds is 2. The first kappa shape index (κ1) is 14.4. The first-order valence-electron chi connectivity index (χ1n) is 8.17. The maximum absolute atomic E-state index is 14.7. The van der Waals surface area contributed by atoms with E-state index in [2.05, 4.69) is 16.7 Å². The van der Waals surface area contributed by atoms with Gasteiger partial charge in [-0.2, -0.15) is 0 Å². The molecule has 0 unspecified atom stereocenters. The summed E-state index contributed by atoms with van der Waals surface area (Å²) in [6.45, 7) is 1.46. The Morgan fingerprint density at radius 1 is 1.04 bits per heavy atom. The summed E-state index contributed by atoms with van der Waals surface area (Å²) in [6.07, 6.45) is 3.69. The van der Waals surface area contributed by atoms with Crippen molar-refractivity contribution in [2.75, 3.05) is 11.9 Å². The Balaban J connectivity index is 1.64. The fourth-order valence-electron chi connectivity index (χ4n) is 3.65. The van der Waals surface area contributed by atoms with Gasteiger partial charge in [0.2, 0.25) is 0 Å². The second-order valence-corrected chi connectivity index (χ2v) is 6.24. The van der Waals surface area contributed by atoms with Crippen molar-refractivity contribution >= 4 is 11.6 Å². The summed E-state index contributed by atoms with van der Waals surface area (Å²) in [5.74, 6) is -0.499. The van der Waals surface area contributed by atoms with Crippen molar-refractivity contribution in [2.45, 2.75) is 32.2 Å². The second kappa shape index (κ2) is 5.78. The molecule has 0 fully saturated rings.